The van der Waals surface area contributed by atoms with Crippen molar-refractivity contribution in [3.63, 3.8) is 0 Å². The average molecular weight is 526 g/mol. The molecule has 1 aliphatic heterocycles. The molecule has 4 aromatic rings. The van der Waals surface area contributed by atoms with Crippen LogP contribution in [0.1, 0.15) is 49.2 Å². The molecule has 2 aromatic carbocycles. The van der Waals surface area contributed by atoms with Gasteiger partial charge in [0.05, 0.1) is 28.5 Å². The minimum Gasteiger partial charge on any atom is -0.490 e. The minimum atomic E-state index is -0.378. The first-order valence-corrected chi connectivity index (χ1v) is 13.2. The number of benzene rings is 2. The zero-order valence-electron chi connectivity index (χ0n) is 20.6. The fraction of sp³-hybridized carbons (Fsp3) is 0.241. The number of rotatable bonds is 7. The second kappa shape index (κ2) is 10.3. The SMILES string of the molecule is O=[N+]([O-])c1cccc(-n2cccc2[C@@H]2[C@H](c3ccccn3)NC(=S)N2c2ccc(OC3CCCC3)cc2)c1. The number of pyridine rings is 1. The maximum absolute atomic E-state index is 11.5. The fourth-order valence-electron chi connectivity index (χ4n) is 5.44. The van der Waals surface area contributed by atoms with Gasteiger partial charge in [0.15, 0.2) is 5.11 Å². The van der Waals surface area contributed by atoms with Gasteiger partial charge in [0.1, 0.15) is 11.8 Å². The first kappa shape index (κ1) is 24.1. The number of nitrogens with zero attached hydrogens (tertiary/aromatic N) is 4. The molecule has 0 amide bonds. The Hall–Kier alpha value is -4.24. The maximum Gasteiger partial charge on any atom is 0.271 e. The van der Waals surface area contributed by atoms with Crippen molar-refractivity contribution in [1.82, 2.24) is 14.9 Å². The standard InChI is InChI=1S/C29H27N5O3S/c35-34(36)22-8-5-7-21(19-22)32-18-6-12-26(32)28-27(25-11-3-4-17-30-25)31-29(38)33(28)20-13-15-24(16-14-20)37-23-9-1-2-10-23/h3-8,11-19,23,27-28H,1-2,9-10H2,(H,31,38)/t27-,28+/m0/s1. The highest BCUT2D eigenvalue weighted by Gasteiger charge is 2.42. The Labute approximate surface area is 226 Å². The second-order valence-corrected chi connectivity index (χ2v) is 9.98. The lowest BCUT2D eigenvalue weighted by Gasteiger charge is -2.29. The van der Waals surface area contributed by atoms with Crippen LogP contribution in [0.4, 0.5) is 11.4 Å². The maximum atomic E-state index is 11.5. The molecule has 9 heteroatoms. The van der Waals surface area contributed by atoms with Crippen LogP contribution in [0, 0.1) is 10.1 Å². The Morgan fingerprint density at radius 1 is 0.974 bits per heavy atom. The van der Waals surface area contributed by atoms with Crippen molar-refractivity contribution >= 4 is 28.7 Å². The third-order valence-corrected chi connectivity index (χ3v) is 7.53. The summed E-state index contributed by atoms with van der Waals surface area (Å²) in [7, 11) is 0. The topological polar surface area (TPSA) is 85.5 Å². The van der Waals surface area contributed by atoms with Crippen LogP contribution in [0.5, 0.6) is 5.75 Å². The van der Waals surface area contributed by atoms with Gasteiger partial charge in [-0.3, -0.25) is 15.1 Å². The average Bonchev–Trinajstić information content (AvgIpc) is 3.70. The van der Waals surface area contributed by atoms with E-state index in [2.05, 4.69) is 15.2 Å². The first-order chi connectivity index (χ1) is 18.6. The number of anilines is 1. The first-order valence-electron chi connectivity index (χ1n) is 12.8. The van der Waals surface area contributed by atoms with E-state index in [1.165, 1.54) is 18.9 Å². The molecule has 2 aromatic heterocycles. The van der Waals surface area contributed by atoms with Gasteiger partial charge in [-0.15, -0.1) is 0 Å². The molecule has 1 saturated heterocycles. The molecule has 38 heavy (non-hydrogen) atoms. The molecule has 6 rings (SSSR count). The third-order valence-electron chi connectivity index (χ3n) is 7.22. The molecular formula is C29H27N5O3S. The number of aromatic nitrogens is 2. The summed E-state index contributed by atoms with van der Waals surface area (Å²) in [6, 6.07) is 24.0. The monoisotopic (exact) mass is 525 g/mol. The van der Waals surface area contributed by atoms with Crippen LogP contribution in [-0.4, -0.2) is 25.7 Å². The Balaban J connectivity index is 1.40. The van der Waals surface area contributed by atoms with Crippen LogP contribution in [0.3, 0.4) is 0 Å². The van der Waals surface area contributed by atoms with Gasteiger partial charge in [0.2, 0.25) is 0 Å². The lowest BCUT2D eigenvalue weighted by Crippen LogP contribution is -2.30. The molecule has 3 heterocycles. The van der Waals surface area contributed by atoms with Crippen LogP contribution in [0.2, 0.25) is 0 Å². The van der Waals surface area contributed by atoms with E-state index in [4.69, 9.17) is 17.0 Å². The fourth-order valence-corrected chi connectivity index (χ4v) is 5.79. The van der Waals surface area contributed by atoms with Gasteiger partial charge in [-0.05, 0) is 92.5 Å². The number of non-ortho nitro benzene ring substituents is 1. The number of thiocarbonyl (C=S) groups is 1. The van der Waals surface area contributed by atoms with Crippen molar-refractivity contribution in [2.75, 3.05) is 4.90 Å². The molecule has 192 valence electrons. The van der Waals surface area contributed by atoms with Gasteiger partial charge < -0.3 is 19.5 Å². The molecule has 0 unspecified atom stereocenters. The third kappa shape index (κ3) is 4.61. The Morgan fingerprint density at radius 2 is 1.79 bits per heavy atom. The van der Waals surface area contributed by atoms with Crippen molar-refractivity contribution in [2.45, 2.75) is 43.9 Å². The number of hydrogen-bond acceptors (Lipinski definition) is 5. The van der Waals surface area contributed by atoms with E-state index >= 15 is 0 Å². The minimum absolute atomic E-state index is 0.0400. The lowest BCUT2D eigenvalue weighted by atomic mass is 10.0. The Morgan fingerprint density at radius 3 is 2.53 bits per heavy atom. The molecular weight excluding hydrogens is 498 g/mol. The predicted octanol–water partition coefficient (Wildman–Crippen LogP) is 6.28. The summed E-state index contributed by atoms with van der Waals surface area (Å²) >= 11 is 5.87. The summed E-state index contributed by atoms with van der Waals surface area (Å²) in [6.07, 6.45) is 8.62. The second-order valence-electron chi connectivity index (χ2n) is 9.59. The van der Waals surface area contributed by atoms with Crippen LogP contribution < -0.4 is 15.0 Å². The van der Waals surface area contributed by atoms with E-state index in [1.54, 1.807) is 18.3 Å². The summed E-state index contributed by atoms with van der Waals surface area (Å²) in [6.45, 7) is 0. The van der Waals surface area contributed by atoms with Gasteiger partial charge >= 0.3 is 0 Å². The highest BCUT2D eigenvalue weighted by atomic mass is 32.1. The Bertz CT molecular complexity index is 1450. The van der Waals surface area contributed by atoms with Crippen molar-refractivity contribution in [1.29, 1.82) is 0 Å². The van der Waals surface area contributed by atoms with Gasteiger partial charge in [-0.1, -0.05) is 12.1 Å². The van der Waals surface area contributed by atoms with Crippen LogP contribution >= 0.6 is 12.2 Å². The van der Waals surface area contributed by atoms with Crippen molar-refractivity contribution < 1.29 is 9.66 Å². The number of nitrogens with one attached hydrogen (secondary N) is 1. The van der Waals surface area contributed by atoms with Crippen LogP contribution in [0.25, 0.3) is 5.69 Å². The van der Waals surface area contributed by atoms with E-state index in [1.807, 2.05) is 71.4 Å². The molecule has 2 aliphatic rings. The number of ether oxygens (including phenoxy) is 1. The predicted molar refractivity (Wildman–Crippen MR) is 150 cm³/mol. The van der Waals surface area contributed by atoms with Gasteiger partial charge in [-0.25, -0.2) is 0 Å². The van der Waals surface area contributed by atoms with E-state index in [9.17, 15) is 10.1 Å². The van der Waals surface area contributed by atoms with E-state index in [-0.39, 0.29) is 28.8 Å². The molecule has 1 N–H and O–H groups in total. The van der Waals surface area contributed by atoms with E-state index in [0.717, 1.165) is 35.7 Å². The number of nitro groups is 1. The molecule has 0 radical (unpaired) electrons. The van der Waals surface area contributed by atoms with Gasteiger partial charge in [0, 0.05) is 35.9 Å². The lowest BCUT2D eigenvalue weighted by molar-refractivity contribution is -0.384. The smallest absolute Gasteiger partial charge is 0.271 e. The summed E-state index contributed by atoms with van der Waals surface area (Å²) in [5.74, 6) is 0.858. The zero-order chi connectivity index (χ0) is 26.1. The summed E-state index contributed by atoms with van der Waals surface area (Å²) in [5, 5.41) is 15.5. The van der Waals surface area contributed by atoms with E-state index in [0.29, 0.717) is 10.8 Å². The molecule has 8 nitrogen and oxygen atoms in total. The molecule has 0 bridgehead atoms. The summed E-state index contributed by atoms with van der Waals surface area (Å²) < 4.78 is 8.16. The summed E-state index contributed by atoms with van der Waals surface area (Å²) in [4.78, 5) is 17.8. The van der Waals surface area contributed by atoms with Gasteiger partial charge in [0.25, 0.3) is 5.69 Å². The van der Waals surface area contributed by atoms with Gasteiger partial charge in [-0.2, -0.15) is 0 Å². The molecule has 0 spiro atoms. The van der Waals surface area contributed by atoms with Crippen molar-refractivity contribution in [3.8, 4) is 11.4 Å². The number of hydrogen-bond donors (Lipinski definition) is 1. The molecule has 2 atom stereocenters. The van der Waals surface area contributed by atoms with Crippen LogP contribution in [-0.2, 0) is 0 Å². The molecule has 1 saturated carbocycles. The zero-order valence-corrected chi connectivity index (χ0v) is 21.5. The van der Waals surface area contributed by atoms with E-state index < -0.39 is 0 Å². The summed E-state index contributed by atoms with van der Waals surface area (Å²) in [5.41, 5.74) is 3.46. The number of nitro benzene ring substituents is 1. The quantitative estimate of drug-likeness (QED) is 0.173. The van der Waals surface area contributed by atoms with Crippen molar-refractivity contribution in [3.05, 3.63) is 113 Å². The largest absolute Gasteiger partial charge is 0.490 e. The highest BCUT2D eigenvalue weighted by Crippen LogP contribution is 2.42. The van der Waals surface area contributed by atoms with Crippen molar-refractivity contribution in [2.24, 2.45) is 0 Å². The van der Waals surface area contributed by atoms with Crippen LogP contribution in [0.15, 0.2) is 91.3 Å². The molecule has 1 aliphatic carbocycles. The normalized spacial score (nSPS) is 19.5. The highest BCUT2D eigenvalue weighted by molar-refractivity contribution is 7.80. The Kier molecular flexibility index (Phi) is 6.51. The molecule has 2 fully saturated rings.